The summed E-state index contributed by atoms with van der Waals surface area (Å²) >= 11 is 0. The maximum Gasteiger partial charge on any atom is 0.126 e. The molecule has 0 bridgehead atoms. The molecule has 0 amide bonds. The molecule has 2 nitrogen and oxygen atoms in total. The van der Waals surface area contributed by atoms with E-state index in [1.54, 1.807) is 13.8 Å². The molecular weight excluding hydrogens is 241 g/mol. The van der Waals surface area contributed by atoms with Crippen LogP contribution < -0.4 is 4.90 Å². The minimum atomic E-state index is -0.681. The fourth-order valence-corrected chi connectivity index (χ4v) is 2.11. The van der Waals surface area contributed by atoms with E-state index in [0.29, 0.717) is 11.1 Å². The van der Waals surface area contributed by atoms with Crippen molar-refractivity contribution in [1.82, 2.24) is 0 Å². The number of anilines is 1. The van der Waals surface area contributed by atoms with Crippen molar-refractivity contribution in [3.63, 3.8) is 0 Å². The maximum absolute atomic E-state index is 13.7. The molecule has 0 fully saturated rings. The van der Waals surface area contributed by atoms with E-state index in [4.69, 9.17) is 0 Å². The van der Waals surface area contributed by atoms with Gasteiger partial charge in [-0.1, -0.05) is 20.8 Å². The molecule has 19 heavy (non-hydrogen) atoms. The molecule has 0 aliphatic heterocycles. The molecule has 0 heterocycles. The Bertz CT molecular complexity index is 449. The van der Waals surface area contributed by atoms with Crippen molar-refractivity contribution < 1.29 is 9.50 Å². The van der Waals surface area contributed by atoms with Gasteiger partial charge in [0.25, 0.3) is 0 Å². The molecule has 1 unspecified atom stereocenters. The van der Waals surface area contributed by atoms with Crippen LogP contribution >= 0.6 is 0 Å². The van der Waals surface area contributed by atoms with Gasteiger partial charge in [-0.25, -0.2) is 4.39 Å². The zero-order chi connectivity index (χ0) is 15.0. The minimum Gasteiger partial charge on any atom is -0.389 e. The van der Waals surface area contributed by atoms with Gasteiger partial charge in [-0.2, -0.15) is 0 Å². The molecule has 0 saturated heterocycles. The van der Waals surface area contributed by atoms with Crippen LogP contribution in [0.25, 0.3) is 0 Å². The Morgan fingerprint density at radius 1 is 1.21 bits per heavy atom. The van der Waals surface area contributed by atoms with Gasteiger partial charge in [-0.05, 0) is 43.9 Å². The predicted octanol–water partition coefficient (Wildman–Crippen LogP) is 4.06. The topological polar surface area (TPSA) is 23.5 Å². The molecule has 0 radical (unpaired) electrons. The Labute approximate surface area is 116 Å². The molecule has 3 heteroatoms. The van der Waals surface area contributed by atoms with Crippen LogP contribution in [0.2, 0.25) is 0 Å². The molecule has 1 N–H and O–H groups in total. The summed E-state index contributed by atoms with van der Waals surface area (Å²) in [6, 6.07) is 3.54. The first-order valence-electron chi connectivity index (χ1n) is 6.76. The summed E-state index contributed by atoms with van der Waals surface area (Å²) in [7, 11) is 1.99. The standard InChI is InChI=1S/C16H26FNO/c1-10-8-15(13(11(2)19)9-14(10)17)18(7)12(3)16(4,5)6/h8-9,11-12,19H,1-7H3/t11-,12?/m1/s1. The normalized spacial score (nSPS) is 15.2. The molecular formula is C16H26FNO. The second-order valence-electron chi connectivity index (χ2n) is 6.49. The number of aliphatic hydroxyl groups is 1. The number of halogens is 1. The number of aliphatic hydroxyl groups excluding tert-OH is 1. The fourth-order valence-electron chi connectivity index (χ4n) is 2.11. The van der Waals surface area contributed by atoms with Crippen LogP contribution in [0.15, 0.2) is 12.1 Å². The fraction of sp³-hybridized carbons (Fsp3) is 0.625. The van der Waals surface area contributed by atoms with Gasteiger partial charge in [0.1, 0.15) is 5.82 Å². The number of benzene rings is 1. The highest BCUT2D eigenvalue weighted by Crippen LogP contribution is 2.33. The number of hydrogen-bond donors (Lipinski definition) is 1. The maximum atomic E-state index is 13.7. The van der Waals surface area contributed by atoms with Crippen LogP contribution in [0.4, 0.5) is 10.1 Å². The summed E-state index contributed by atoms with van der Waals surface area (Å²) in [5.74, 6) is -0.267. The average Bonchev–Trinajstić information content (AvgIpc) is 2.28. The van der Waals surface area contributed by atoms with E-state index in [-0.39, 0.29) is 17.3 Å². The average molecular weight is 267 g/mol. The van der Waals surface area contributed by atoms with Crippen LogP contribution in [0.1, 0.15) is 51.8 Å². The van der Waals surface area contributed by atoms with E-state index in [1.165, 1.54) is 6.07 Å². The van der Waals surface area contributed by atoms with Crippen molar-refractivity contribution in [2.45, 2.75) is 53.7 Å². The van der Waals surface area contributed by atoms with Gasteiger partial charge in [-0.3, -0.25) is 0 Å². The Morgan fingerprint density at radius 3 is 2.16 bits per heavy atom. The Kier molecular flexibility index (Phi) is 4.62. The first-order valence-corrected chi connectivity index (χ1v) is 6.76. The lowest BCUT2D eigenvalue weighted by Gasteiger charge is -2.38. The van der Waals surface area contributed by atoms with E-state index in [2.05, 4.69) is 32.6 Å². The first kappa shape index (κ1) is 16.0. The summed E-state index contributed by atoms with van der Waals surface area (Å²) in [5.41, 5.74) is 2.25. The second-order valence-corrected chi connectivity index (χ2v) is 6.49. The van der Waals surface area contributed by atoms with Crippen LogP contribution in [0.3, 0.4) is 0 Å². The summed E-state index contributed by atoms with van der Waals surface area (Å²) < 4.78 is 13.7. The lowest BCUT2D eigenvalue weighted by molar-refractivity contribution is 0.198. The van der Waals surface area contributed by atoms with Crippen LogP contribution in [0, 0.1) is 18.2 Å². The highest BCUT2D eigenvalue weighted by molar-refractivity contribution is 5.57. The predicted molar refractivity (Wildman–Crippen MR) is 79.1 cm³/mol. The summed E-state index contributed by atoms with van der Waals surface area (Å²) in [6.45, 7) is 12.1. The SMILES string of the molecule is Cc1cc(N(C)C(C)C(C)(C)C)c([C@@H](C)O)cc1F. The van der Waals surface area contributed by atoms with Gasteiger partial charge in [0.05, 0.1) is 6.10 Å². The van der Waals surface area contributed by atoms with E-state index < -0.39 is 6.10 Å². The van der Waals surface area contributed by atoms with E-state index in [1.807, 2.05) is 13.1 Å². The van der Waals surface area contributed by atoms with Crippen molar-refractivity contribution in [2.75, 3.05) is 11.9 Å². The van der Waals surface area contributed by atoms with Gasteiger partial charge in [0.2, 0.25) is 0 Å². The third-order valence-electron chi connectivity index (χ3n) is 3.97. The smallest absolute Gasteiger partial charge is 0.126 e. The number of nitrogens with zero attached hydrogens (tertiary/aromatic N) is 1. The molecule has 1 aromatic carbocycles. The zero-order valence-electron chi connectivity index (χ0n) is 13.1. The van der Waals surface area contributed by atoms with Gasteiger partial charge in [0.15, 0.2) is 0 Å². The quantitative estimate of drug-likeness (QED) is 0.892. The molecule has 2 atom stereocenters. The van der Waals surface area contributed by atoms with Crippen molar-refractivity contribution in [2.24, 2.45) is 5.41 Å². The third-order valence-corrected chi connectivity index (χ3v) is 3.97. The van der Waals surface area contributed by atoms with E-state index >= 15 is 0 Å². The molecule has 0 aliphatic rings. The van der Waals surface area contributed by atoms with Crippen molar-refractivity contribution >= 4 is 5.69 Å². The summed E-state index contributed by atoms with van der Waals surface area (Å²) in [5, 5.41) is 9.86. The third kappa shape index (κ3) is 3.47. The highest BCUT2D eigenvalue weighted by Gasteiger charge is 2.26. The second kappa shape index (κ2) is 5.49. The first-order chi connectivity index (χ1) is 8.55. The number of hydrogen-bond acceptors (Lipinski definition) is 2. The monoisotopic (exact) mass is 267 g/mol. The zero-order valence-corrected chi connectivity index (χ0v) is 13.1. The Balaban J connectivity index is 3.29. The van der Waals surface area contributed by atoms with Crippen molar-refractivity contribution in [1.29, 1.82) is 0 Å². The van der Waals surface area contributed by atoms with Gasteiger partial charge >= 0.3 is 0 Å². The van der Waals surface area contributed by atoms with E-state index in [9.17, 15) is 9.50 Å². The molecule has 0 aromatic heterocycles. The molecule has 0 aliphatic carbocycles. The lowest BCUT2D eigenvalue weighted by Crippen LogP contribution is -2.40. The molecule has 0 saturated carbocycles. The molecule has 1 aromatic rings. The van der Waals surface area contributed by atoms with Crippen LogP contribution in [-0.4, -0.2) is 18.2 Å². The minimum absolute atomic E-state index is 0.104. The van der Waals surface area contributed by atoms with Crippen LogP contribution in [-0.2, 0) is 0 Å². The van der Waals surface area contributed by atoms with Gasteiger partial charge < -0.3 is 10.0 Å². The Morgan fingerprint density at radius 2 is 1.74 bits per heavy atom. The summed E-state index contributed by atoms with van der Waals surface area (Å²) in [4.78, 5) is 2.12. The molecule has 108 valence electrons. The lowest BCUT2D eigenvalue weighted by atomic mass is 9.86. The number of rotatable bonds is 3. The Hall–Kier alpha value is -1.09. The molecule has 1 rings (SSSR count). The number of aryl methyl sites for hydroxylation is 1. The van der Waals surface area contributed by atoms with Crippen molar-refractivity contribution in [3.05, 3.63) is 29.1 Å². The van der Waals surface area contributed by atoms with Crippen LogP contribution in [0.5, 0.6) is 0 Å². The van der Waals surface area contributed by atoms with E-state index in [0.717, 1.165) is 5.69 Å². The van der Waals surface area contributed by atoms with Crippen molar-refractivity contribution in [3.8, 4) is 0 Å². The highest BCUT2D eigenvalue weighted by atomic mass is 19.1. The molecule has 0 spiro atoms. The van der Waals surface area contributed by atoms with Gasteiger partial charge in [0, 0.05) is 24.3 Å². The largest absolute Gasteiger partial charge is 0.389 e. The van der Waals surface area contributed by atoms with Gasteiger partial charge in [-0.15, -0.1) is 0 Å². The summed E-state index contributed by atoms with van der Waals surface area (Å²) in [6.07, 6.45) is -0.681.